The molecule has 1 aliphatic carbocycles. The minimum atomic E-state index is -0.888. The van der Waals surface area contributed by atoms with E-state index in [1.807, 2.05) is 24.3 Å². The van der Waals surface area contributed by atoms with Crippen LogP contribution < -0.4 is 10.6 Å². The number of thioether (sulfide) groups is 1. The Morgan fingerprint density at radius 2 is 2.12 bits per heavy atom. The second-order valence-corrected chi connectivity index (χ2v) is 8.44. The zero-order chi connectivity index (χ0) is 17.9. The van der Waals surface area contributed by atoms with Crippen molar-refractivity contribution >= 4 is 46.7 Å². The molecule has 25 heavy (non-hydrogen) atoms. The third-order valence-corrected chi connectivity index (χ3v) is 6.02. The number of halogens is 2. The number of urea groups is 1. The normalized spacial score (nSPS) is 19.2. The highest BCUT2D eigenvalue weighted by Crippen LogP contribution is 2.55. The second kappa shape index (κ2) is 7.91. The lowest BCUT2D eigenvalue weighted by molar-refractivity contribution is 0.149. The van der Waals surface area contributed by atoms with Gasteiger partial charge in [-0.05, 0) is 30.7 Å². The van der Waals surface area contributed by atoms with E-state index in [4.69, 9.17) is 27.6 Å². The number of anilines is 1. The summed E-state index contributed by atoms with van der Waals surface area (Å²) in [6.07, 6.45) is 1.38. The van der Waals surface area contributed by atoms with Gasteiger partial charge in [0.25, 0.3) is 0 Å². The number of aliphatic hydroxyl groups is 1. The molecule has 2 amide bonds. The van der Waals surface area contributed by atoms with Gasteiger partial charge in [0, 0.05) is 16.6 Å². The molecule has 134 valence electrons. The molecule has 2 aromatic rings. The first kappa shape index (κ1) is 18.5. The van der Waals surface area contributed by atoms with Crippen LogP contribution in [0.3, 0.4) is 0 Å². The van der Waals surface area contributed by atoms with Crippen LogP contribution in [0.2, 0.25) is 0 Å². The number of para-hydroxylation sites is 1. The van der Waals surface area contributed by atoms with Gasteiger partial charge in [0.1, 0.15) is 16.2 Å². The number of rotatable bonds is 7. The highest BCUT2D eigenvalue weighted by molar-refractivity contribution is 7.99. The van der Waals surface area contributed by atoms with E-state index in [0.717, 1.165) is 17.1 Å². The van der Waals surface area contributed by atoms with Crippen molar-refractivity contribution in [2.75, 3.05) is 17.6 Å². The van der Waals surface area contributed by atoms with E-state index < -0.39 is 16.5 Å². The van der Waals surface area contributed by atoms with Crippen LogP contribution in [-0.2, 0) is 0 Å². The van der Waals surface area contributed by atoms with Gasteiger partial charge in [-0.1, -0.05) is 12.1 Å². The molecule has 2 unspecified atom stereocenters. The summed E-state index contributed by atoms with van der Waals surface area (Å²) in [6.45, 7) is 0.0533. The lowest BCUT2D eigenvalue weighted by Gasteiger charge is -2.13. The Kier molecular flexibility index (Phi) is 5.84. The maximum atomic E-state index is 12.1. The zero-order valence-corrected chi connectivity index (χ0v) is 15.6. The van der Waals surface area contributed by atoms with E-state index in [2.05, 4.69) is 10.6 Å². The molecule has 0 radical (unpaired) electrons. The lowest BCUT2D eigenvalue weighted by atomic mass is 10.3. The number of amides is 2. The van der Waals surface area contributed by atoms with Crippen molar-refractivity contribution in [3.8, 4) is 0 Å². The van der Waals surface area contributed by atoms with E-state index in [9.17, 15) is 9.90 Å². The fraction of sp³-hybridized carbons (Fsp3) is 0.353. The standard InChI is InChI=1S/C17H18Cl2N2O3S/c18-17(19)8-11(17)10-25-15-6-2-1-4-12(15)21-16(23)20-9-13(22)14-5-3-7-24-14/h1-7,11,13,22H,8-10H2,(H2,20,21,23). The van der Waals surface area contributed by atoms with Crippen LogP contribution in [-0.4, -0.2) is 27.8 Å². The summed E-state index contributed by atoms with van der Waals surface area (Å²) in [4.78, 5) is 13.0. The first-order chi connectivity index (χ1) is 12.0. The highest BCUT2D eigenvalue weighted by atomic mass is 35.5. The Hall–Kier alpha value is -1.34. The van der Waals surface area contributed by atoms with E-state index >= 15 is 0 Å². The number of alkyl halides is 2. The highest BCUT2D eigenvalue weighted by Gasteiger charge is 2.51. The largest absolute Gasteiger partial charge is 0.467 e. The van der Waals surface area contributed by atoms with Crippen LogP contribution in [0.1, 0.15) is 18.3 Å². The number of furan rings is 1. The molecule has 5 nitrogen and oxygen atoms in total. The Morgan fingerprint density at radius 3 is 2.80 bits per heavy atom. The van der Waals surface area contributed by atoms with E-state index in [-0.39, 0.29) is 12.5 Å². The summed E-state index contributed by atoms with van der Waals surface area (Å²) in [5, 5.41) is 15.3. The molecule has 1 saturated carbocycles. The molecule has 0 bridgehead atoms. The zero-order valence-electron chi connectivity index (χ0n) is 13.2. The summed E-state index contributed by atoms with van der Waals surface area (Å²) >= 11 is 13.7. The van der Waals surface area contributed by atoms with Crippen molar-refractivity contribution in [2.45, 2.75) is 21.8 Å². The molecule has 1 heterocycles. The average molecular weight is 401 g/mol. The topological polar surface area (TPSA) is 74.5 Å². The summed E-state index contributed by atoms with van der Waals surface area (Å²) in [5.74, 6) is 1.47. The van der Waals surface area contributed by atoms with Gasteiger partial charge in [-0.3, -0.25) is 0 Å². The quantitative estimate of drug-likeness (QED) is 0.474. The molecule has 3 rings (SSSR count). The molecule has 2 atom stereocenters. The van der Waals surface area contributed by atoms with Crippen molar-refractivity contribution in [3.63, 3.8) is 0 Å². The predicted octanol–water partition coefficient (Wildman–Crippen LogP) is 4.42. The predicted molar refractivity (Wildman–Crippen MR) is 100 cm³/mol. The first-order valence-corrected chi connectivity index (χ1v) is 9.56. The number of benzene rings is 1. The van der Waals surface area contributed by atoms with Crippen LogP contribution in [0.25, 0.3) is 0 Å². The maximum Gasteiger partial charge on any atom is 0.319 e. The monoisotopic (exact) mass is 400 g/mol. The molecule has 0 spiro atoms. The fourth-order valence-corrected chi connectivity index (χ4v) is 4.22. The van der Waals surface area contributed by atoms with E-state index in [1.165, 1.54) is 6.26 Å². The Bertz CT molecular complexity index is 724. The maximum absolute atomic E-state index is 12.1. The molecule has 1 aliphatic rings. The van der Waals surface area contributed by atoms with Gasteiger partial charge in [-0.15, -0.1) is 35.0 Å². The summed E-state index contributed by atoms with van der Waals surface area (Å²) in [6, 6.07) is 10.5. The average Bonchev–Trinajstić information content (AvgIpc) is 2.99. The number of hydrogen-bond donors (Lipinski definition) is 3. The first-order valence-electron chi connectivity index (χ1n) is 7.81. The van der Waals surface area contributed by atoms with Gasteiger partial charge in [-0.2, -0.15) is 0 Å². The van der Waals surface area contributed by atoms with Gasteiger partial charge in [0.05, 0.1) is 18.5 Å². The van der Waals surface area contributed by atoms with E-state index in [1.54, 1.807) is 23.9 Å². The van der Waals surface area contributed by atoms with E-state index in [0.29, 0.717) is 11.4 Å². The van der Waals surface area contributed by atoms with Crippen molar-refractivity contribution in [3.05, 3.63) is 48.4 Å². The van der Waals surface area contributed by atoms with Crippen molar-refractivity contribution in [1.29, 1.82) is 0 Å². The lowest BCUT2D eigenvalue weighted by Crippen LogP contribution is -2.32. The molecule has 1 aromatic carbocycles. The van der Waals surface area contributed by atoms with Gasteiger partial charge in [-0.25, -0.2) is 4.79 Å². The Labute approximate surface area is 160 Å². The third kappa shape index (κ3) is 5.07. The second-order valence-electron chi connectivity index (χ2n) is 5.84. The van der Waals surface area contributed by atoms with Gasteiger partial charge in [0.15, 0.2) is 0 Å². The van der Waals surface area contributed by atoms with Crippen LogP contribution in [0.15, 0.2) is 52.0 Å². The van der Waals surface area contributed by atoms with Crippen LogP contribution in [0.4, 0.5) is 10.5 Å². The summed E-state index contributed by atoms with van der Waals surface area (Å²) < 4.78 is 4.49. The number of carbonyl (C=O) groups excluding carboxylic acids is 1. The molecular formula is C17H18Cl2N2O3S. The SMILES string of the molecule is O=C(NCC(O)c1ccco1)Nc1ccccc1SCC1CC1(Cl)Cl. The summed E-state index contributed by atoms with van der Waals surface area (Å²) in [5.41, 5.74) is 0.702. The Balaban J connectivity index is 1.50. The van der Waals surface area contributed by atoms with Crippen molar-refractivity contribution in [1.82, 2.24) is 5.32 Å². The van der Waals surface area contributed by atoms with Crippen LogP contribution in [0.5, 0.6) is 0 Å². The van der Waals surface area contributed by atoms with Gasteiger partial charge in [0.2, 0.25) is 0 Å². The van der Waals surface area contributed by atoms with Crippen LogP contribution >= 0.6 is 35.0 Å². The van der Waals surface area contributed by atoms with Crippen molar-refractivity contribution in [2.24, 2.45) is 5.92 Å². The molecule has 0 saturated heterocycles. The van der Waals surface area contributed by atoms with Gasteiger partial charge >= 0.3 is 6.03 Å². The molecular weight excluding hydrogens is 383 g/mol. The molecule has 8 heteroatoms. The number of carbonyl (C=O) groups is 1. The smallest absolute Gasteiger partial charge is 0.319 e. The number of nitrogens with one attached hydrogen (secondary N) is 2. The minimum Gasteiger partial charge on any atom is -0.467 e. The third-order valence-electron chi connectivity index (χ3n) is 3.86. The molecule has 3 N–H and O–H groups in total. The number of hydrogen-bond acceptors (Lipinski definition) is 4. The number of aliphatic hydroxyl groups excluding tert-OH is 1. The van der Waals surface area contributed by atoms with Crippen molar-refractivity contribution < 1.29 is 14.3 Å². The Morgan fingerprint density at radius 1 is 1.36 bits per heavy atom. The van der Waals surface area contributed by atoms with Crippen LogP contribution in [0, 0.1) is 5.92 Å². The molecule has 1 aromatic heterocycles. The molecule has 0 aliphatic heterocycles. The van der Waals surface area contributed by atoms with Gasteiger partial charge < -0.3 is 20.2 Å². The summed E-state index contributed by atoms with van der Waals surface area (Å²) in [7, 11) is 0. The minimum absolute atomic E-state index is 0.0533. The fourth-order valence-electron chi connectivity index (χ4n) is 2.27. The molecule has 1 fully saturated rings.